The van der Waals surface area contributed by atoms with Crippen molar-refractivity contribution in [3.63, 3.8) is 0 Å². The Kier molecular flexibility index (Phi) is 4.92. The molecule has 0 rings (SSSR count). The second-order valence-corrected chi connectivity index (χ2v) is 11.7. The van der Waals surface area contributed by atoms with Crippen molar-refractivity contribution in [1.29, 1.82) is 0 Å². The fourth-order valence-electron chi connectivity index (χ4n) is 0.652. The zero-order chi connectivity index (χ0) is 12.3. The monoisotopic (exact) mass is 276 g/mol. The van der Waals surface area contributed by atoms with Gasteiger partial charge in [-0.2, -0.15) is 8.42 Å². The molecule has 0 aromatic rings. The predicted octanol–water partition coefficient (Wildman–Crippen LogP) is 0.446. The molecule has 0 unspecified atom stereocenters. The minimum Gasteiger partial charge on any atom is -0.315 e. The van der Waals surface area contributed by atoms with Gasteiger partial charge in [0.15, 0.2) is 0 Å². The summed E-state index contributed by atoms with van der Waals surface area (Å²) in [5.41, 5.74) is 0. The van der Waals surface area contributed by atoms with E-state index >= 15 is 0 Å². The Morgan fingerprint density at radius 2 is 1.60 bits per heavy atom. The van der Waals surface area contributed by atoms with Gasteiger partial charge in [0.1, 0.15) is 0 Å². The summed E-state index contributed by atoms with van der Waals surface area (Å²) in [5, 5.41) is 0. The third-order valence-electron chi connectivity index (χ3n) is 1.80. The van der Waals surface area contributed by atoms with Crippen molar-refractivity contribution in [2.75, 3.05) is 11.5 Å². The highest BCUT2D eigenvalue weighted by atomic mass is 32.2. The van der Waals surface area contributed by atoms with Gasteiger partial charge in [-0.15, -0.1) is 0 Å². The van der Waals surface area contributed by atoms with E-state index in [1.807, 2.05) is 6.92 Å². The molecule has 0 aromatic carbocycles. The van der Waals surface area contributed by atoms with Gasteiger partial charge in [0.2, 0.25) is 8.32 Å². The van der Waals surface area contributed by atoms with Crippen LogP contribution in [-0.4, -0.2) is 41.2 Å². The smallest absolute Gasteiger partial charge is 0.265 e. The van der Waals surface area contributed by atoms with Crippen molar-refractivity contribution in [3.8, 4) is 0 Å². The Bertz CT molecular complexity index is 395. The summed E-state index contributed by atoms with van der Waals surface area (Å²) >= 11 is 0. The number of rotatable bonds is 6. The maximum absolute atomic E-state index is 11.3. The van der Waals surface area contributed by atoms with E-state index in [4.69, 9.17) is 8.42 Å². The largest absolute Gasteiger partial charge is 0.315 e. The minimum atomic E-state index is -4.26. The maximum Gasteiger partial charge on any atom is 0.265 e. The lowest BCUT2D eigenvalue weighted by Gasteiger charge is -2.19. The van der Waals surface area contributed by atoms with Crippen molar-refractivity contribution >= 4 is 28.6 Å². The third-order valence-corrected chi connectivity index (χ3v) is 8.00. The Morgan fingerprint density at radius 3 is 1.93 bits per heavy atom. The fourth-order valence-corrected chi connectivity index (χ4v) is 5.87. The highest BCUT2D eigenvalue weighted by molar-refractivity contribution is 7.90. The Morgan fingerprint density at radius 1 is 1.13 bits per heavy atom. The molecule has 9 heteroatoms. The van der Waals surface area contributed by atoms with Crippen LogP contribution < -0.4 is 0 Å². The zero-order valence-corrected chi connectivity index (χ0v) is 11.6. The molecule has 0 bridgehead atoms. The molecule has 0 spiro atoms. The molecule has 0 heterocycles. The first-order valence-corrected chi connectivity index (χ1v) is 10.7. The topological polar surface area (TPSA) is 97.7 Å². The second kappa shape index (κ2) is 4.91. The van der Waals surface area contributed by atoms with Crippen LogP contribution in [0.15, 0.2) is 0 Å². The van der Waals surface area contributed by atoms with Gasteiger partial charge in [-0.05, 0) is 19.1 Å². The van der Waals surface area contributed by atoms with Crippen LogP contribution in [-0.2, 0) is 24.1 Å². The van der Waals surface area contributed by atoms with Gasteiger partial charge < -0.3 is 3.87 Å². The van der Waals surface area contributed by atoms with Crippen LogP contribution in [0, 0.1) is 0 Å². The molecule has 0 saturated heterocycles. The first-order valence-electron chi connectivity index (χ1n) is 4.36. The van der Waals surface area contributed by atoms with Gasteiger partial charge in [0.05, 0.1) is 11.5 Å². The van der Waals surface area contributed by atoms with E-state index in [-0.39, 0.29) is 0 Å². The molecule has 0 atom stereocenters. The van der Waals surface area contributed by atoms with E-state index in [1.165, 1.54) is 0 Å². The highest BCUT2D eigenvalue weighted by Crippen LogP contribution is 2.14. The van der Waals surface area contributed by atoms with Crippen LogP contribution in [0.25, 0.3) is 0 Å². The summed E-state index contributed by atoms with van der Waals surface area (Å²) in [6.07, 6.45) is 0. The zero-order valence-electron chi connectivity index (χ0n) is 8.93. The van der Waals surface area contributed by atoms with Crippen LogP contribution in [0.5, 0.6) is 0 Å². The summed E-state index contributed by atoms with van der Waals surface area (Å²) in [6.45, 7) is 5.25. The van der Waals surface area contributed by atoms with Gasteiger partial charge in [-0.3, -0.25) is 4.55 Å². The van der Waals surface area contributed by atoms with Gasteiger partial charge in [-0.25, -0.2) is 8.42 Å². The van der Waals surface area contributed by atoms with Crippen molar-refractivity contribution in [3.05, 3.63) is 0 Å². The Balaban J connectivity index is 4.47. The van der Waals surface area contributed by atoms with E-state index < -0.39 is 40.1 Å². The average molecular weight is 276 g/mol. The first-order chi connectivity index (χ1) is 6.47. The molecule has 0 aromatic heterocycles. The van der Waals surface area contributed by atoms with Crippen LogP contribution in [0.2, 0.25) is 19.1 Å². The van der Waals surface area contributed by atoms with Crippen LogP contribution in [0.1, 0.15) is 6.92 Å². The lowest BCUT2D eigenvalue weighted by atomic mass is 11.0. The van der Waals surface area contributed by atoms with Gasteiger partial charge in [0.25, 0.3) is 20.2 Å². The Labute approximate surface area is 91.6 Å². The summed E-state index contributed by atoms with van der Waals surface area (Å²) < 4.78 is 56.6. The number of hydrogen-bond acceptors (Lipinski definition) is 5. The molecule has 0 saturated carbocycles. The van der Waals surface area contributed by atoms with E-state index in [2.05, 4.69) is 0 Å². The molecule has 1 N–H and O–H groups in total. The molecule has 0 aliphatic heterocycles. The molecular weight excluding hydrogens is 260 g/mol. The SMILES string of the molecule is CC[Si](C)(C)OS(=O)(=O)CCS(=O)(=O)O. The second-order valence-electron chi connectivity index (χ2n) is 3.74. The van der Waals surface area contributed by atoms with Crippen LogP contribution in [0.3, 0.4) is 0 Å². The quantitative estimate of drug-likeness (QED) is 0.558. The molecule has 0 fully saturated rings. The number of hydrogen-bond donors (Lipinski definition) is 1. The summed E-state index contributed by atoms with van der Waals surface area (Å²) in [6, 6.07) is 0.609. The molecule has 0 aliphatic carbocycles. The fraction of sp³-hybridized carbons (Fsp3) is 1.00. The molecule has 92 valence electrons. The van der Waals surface area contributed by atoms with Crippen molar-refractivity contribution in [2.45, 2.75) is 26.1 Å². The van der Waals surface area contributed by atoms with E-state index in [0.717, 1.165) is 0 Å². The first kappa shape index (κ1) is 15.0. The summed E-state index contributed by atoms with van der Waals surface area (Å²) in [4.78, 5) is 0. The van der Waals surface area contributed by atoms with Crippen molar-refractivity contribution < 1.29 is 25.3 Å². The Hall–Kier alpha value is 0.0369. The van der Waals surface area contributed by atoms with E-state index in [1.54, 1.807) is 13.1 Å². The molecule has 0 amide bonds. The van der Waals surface area contributed by atoms with E-state index in [0.29, 0.717) is 6.04 Å². The van der Waals surface area contributed by atoms with Crippen molar-refractivity contribution in [1.82, 2.24) is 0 Å². The summed E-state index contributed by atoms with van der Waals surface area (Å²) in [5.74, 6) is -1.54. The standard InChI is InChI=1S/C6H16O6S2Si/c1-4-15(2,3)12-14(10,11)6-5-13(7,8)9/h4-6H2,1-3H3,(H,7,8,9). The maximum atomic E-state index is 11.3. The average Bonchev–Trinajstić information content (AvgIpc) is 1.98. The molecule has 0 radical (unpaired) electrons. The molecule has 6 nitrogen and oxygen atoms in total. The molecular formula is C6H16O6S2Si. The third kappa shape index (κ3) is 7.91. The normalized spacial score (nSPS) is 14.1. The summed E-state index contributed by atoms with van der Waals surface area (Å²) in [7, 11) is -10.4. The highest BCUT2D eigenvalue weighted by Gasteiger charge is 2.28. The van der Waals surface area contributed by atoms with E-state index in [9.17, 15) is 16.8 Å². The van der Waals surface area contributed by atoms with Gasteiger partial charge in [-0.1, -0.05) is 6.92 Å². The van der Waals surface area contributed by atoms with Crippen molar-refractivity contribution in [2.24, 2.45) is 0 Å². The van der Waals surface area contributed by atoms with Crippen LogP contribution >= 0.6 is 0 Å². The molecule has 15 heavy (non-hydrogen) atoms. The molecule has 0 aliphatic rings. The minimum absolute atomic E-state index is 0.609. The lowest BCUT2D eigenvalue weighted by molar-refractivity contribution is 0.471. The lowest BCUT2D eigenvalue weighted by Crippen LogP contribution is -2.34. The van der Waals surface area contributed by atoms with Gasteiger partial charge >= 0.3 is 0 Å². The van der Waals surface area contributed by atoms with Crippen LogP contribution in [0.4, 0.5) is 0 Å². The predicted molar refractivity (Wildman–Crippen MR) is 59.3 cm³/mol. The van der Waals surface area contributed by atoms with Gasteiger partial charge in [0, 0.05) is 0 Å².